The third-order valence-corrected chi connectivity index (χ3v) is 6.02. The van der Waals surface area contributed by atoms with Crippen molar-refractivity contribution < 1.29 is 19.1 Å². The van der Waals surface area contributed by atoms with Crippen molar-refractivity contribution in [3.63, 3.8) is 0 Å². The Morgan fingerprint density at radius 1 is 1.03 bits per heavy atom. The second kappa shape index (κ2) is 13.0. The van der Waals surface area contributed by atoms with Crippen LogP contribution in [0.2, 0.25) is 0 Å². The Kier molecular flexibility index (Phi) is 11.4. The lowest BCUT2D eigenvalue weighted by molar-refractivity contribution is -0.149. The van der Waals surface area contributed by atoms with Crippen LogP contribution in [0.15, 0.2) is 30.3 Å². The summed E-state index contributed by atoms with van der Waals surface area (Å²) < 4.78 is 5.35. The summed E-state index contributed by atoms with van der Waals surface area (Å²) in [6.07, 6.45) is 1.66. The molecule has 0 radical (unpaired) electrons. The molecule has 0 aliphatic rings. The molecular formula is C26H43N3O4S. The fraction of sp³-hybridized carbons (Fsp3) is 0.654. The van der Waals surface area contributed by atoms with Crippen molar-refractivity contribution in [3.05, 3.63) is 35.9 Å². The molecule has 0 saturated heterocycles. The fourth-order valence-corrected chi connectivity index (χ4v) is 3.88. The van der Waals surface area contributed by atoms with Crippen molar-refractivity contribution >= 4 is 30.5 Å². The van der Waals surface area contributed by atoms with E-state index >= 15 is 0 Å². The van der Waals surface area contributed by atoms with Crippen LogP contribution in [0.5, 0.6) is 0 Å². The Hall–Kier alpha value is -2.22. The molecule has 3 amide bonds. The van der Waals surface area contributed by atoms with Crippen LogP contribution in [0.3, 0.4) is 0 Å². The molecule has 0 saturated carbocycles. The van der Waals surface area contributed by atoms with E-state index in [0.29, 0.717) is 12.0 Å². The van der Waals surface area contributed by atoms with Gasteiger partial charge in [-0.1, -0.05) is 50.6 Å². The summed E-state index contributed by atoms with van der Waals surface area (Å²) in [6, 6.07) is 7.39. The van der Waals surface area contributed by atoms with Crippen LogP contribution in [0, 0.1) is 0 Å². The van der Waals surface area contributed by atoms with Crippen LogP contribution in [0.4, 0.5) is 4.79 Å². The largest absolute Gasteiger partial charge is 0.444 e. The molecule has 7 nitrogen and oxygen atoms in total. The first-order valence-corrected chi connectivity index (χ1v) is 12.7. The summed E-state index contributed by atoms with van der Waals surface area (Å²) in [6.45, 7) is 15.1. The number of benzene rings is 1. The van der Waals surface area contributed by atoms with E-state index in [4.69, 9.17) is 4.74 Å². The molecule has 1 aromatic rings. The Balaban J connectivity index is 3.46. The van der Waals surface area contributed by atoms with E-state index in [1.54, 1.807) is 25.7 Å². The molecule has 2 N–H and O–H groups in total. The molecule has 0 aliphatic heterocycles. The Morgan fingerprint density at radius 2 is 1.62 bits per heavy atom. The number of thiol groups is 1. The highest BCUT2D eigenvalue weighted by Crippen LogP contribution is 2.32. The number of nitrogens with one attached hydrogen (secondary N) is 2. The van der Waals surface area contributed by atoms with Crippen LogP contribution < -0.4 is 10.6 Å². The van der Waals surface area contributed by atoms with Gasteiger partial charge in [0.25, 0.3) is 0 Å². The number of carbonyl (C=O) groups excluding carboxylic acids is 3. The van der Waals surface area contributed by atoms with Gasteiger partial charge in [-0.2, -0.15) is 12.6 Å². The van der Waals surface area contributed by atoms with Crippen LogP contribution in [-0.2, 0) is 14.3 Å². The lowest BCUT2D eigenvalue weighted by Gasteiger charge is -2.44. The first kappa shape index (κ1) is 29.8. The Labute approximate surface area is 210 Å². The minimum Gasteiger partial charge on any atom is -0.444 e. The highest BCUT2D eigenvalue weighted by molar-refractivity contribution is 7.80. The van der Waals surface area contributed by atoms with Crippen molar-refractivity contribution in [1.29, 1.82) is 0 Å². The molecule has 1 aromatic carbocycles. The maximum atomic E-state index is 13.9. The Morgan fingerprint density at radius 3 is 2.09 bits per heavy atom. The highest BCUT2D eigenvalue weighted by Gasteiger charge is 2.43. The highest BCUT2D eigenvalue weighted by atomic mass is 32.1. The van der Waals surface area contributed by atoms with Gasteiger partial charge < -0.3 is 20.3 Å². The number of amides is 3. The molecule has 3 unspecified atom stereocenters. The minimum absolute atomic E-state index is 0.0361. The van der Waals surface area contributed by atoms with Gasteiger partial charge in [0.1, 0.15) is 17.7 Å². The normalized spacial score (nSPS) is 14.5. The molecule has 1 rings (SSSR count). The number of nitrogens with zero attached hydrogens (tertiary/aromatic N) is 1. The van der Waals surface area contributed by atoms with Gasteiger partial charge in [0, 0.05) is 17.3 Å². The van der Waals surface area contributed by atoms with Crippen molar-refractivity contribution in [2.75, 3.05) is 5.75 Å². The molecule has 8 heteroatoms. The van der Waals surface area contributed by atoms with Crippen molar-refractivity contribution in [2.45, 2.75) is 104 Å². The summed E-state index contributed by atoms with van der Waals surface area (Å²) in [7, 11) is 0. The maximum absolute atomic E-state index is 13.9. The fourth-order valence-electron chi connectivity index (χ4n) is 3.63. The predicted molar refractivity (Wildman–Crippen MR) is 140 cm³/mol. The number of carbonyl (C=O) groups is 3. The Bertz CT molecular complexity index is 808. The van der Waals surface area contributed by atoms with Crippen LogP contribution in [-0.4, -0.2) is 51.8 Å². The first-order chi connectivity index (χ1) is 15.8. The predicted octanol–water partition coefficient (Wildman–Crippen LogP) is 4.87. The SMILES string of the molecule is CCCC(C)NC(=O)C(c1ccccc1)N(C(=O)C(CS)NC(=O)OC(C)(C)C)C(C)(C)CC. The van der Waals surface area contributed by atoms with E-state index < -0.39 is 29.3 Å². The summed E-state index contributed by atoms with van der Waals surface area (Å²) in [4.78, 5) is 41.6. The molecule has 34 heavy (non-hydrogen) atoms. The lowest BCUT2D eigenvalue weighted by atomic mass is 9.92. The summed E-state index contributed by atoms with van der Waals surface area (Å²) in [5.74, 6) is -0.582. The molecular weight excluding hydrogens is 450 g/mol. The van der Waals surface area contributed by atoms with Gasteiger partial charge in [-0.15, -0.1) is 0 Å². The van der Waals surface area contributed by atoms with E-state index in [-0.39, 0.29) is 23.6 Å². The van der Waals surface area contributed by atoms with Gasteiger partial charge in [-0.3, -0.25) is 9.59 Å². The second-order valence-corrected chi connectivity index (χ2v) is 10.6. The van der Waals surface area contributed by atoms with E-state index in [1.165, 1.54) is 0 Å². The second-order valence-electron chi connectivity index (χ2n) is 10.3. The molecule has 0 aliphatic carbocycles. The van der Waals surface area contributed by atoms with E-state index in [1.807, 2.05) is 58.0 Å². The summed E-state index contributed by atoms with van der Waals surface area (Å²) in [5, 5.41) is 5.72. The monoisotopic (exact) mass is 493 g/mol. The van der Waals surface area contributed by atoms with E-state index in [2.05, 4.69) is 30.2 Å². The smallest absolute Gasteiger partial charge is 0.408 e. The van der Waals surface area contributed by atoms with Crippen molar-refractivity contribution in [3.8, 4) is 0 Å². The van der Waals surface area contributed by atoms with Gasteiger partial charge in [0.15, 0.2) is 0 Å². The first-order valence-electron chi connectivity index (χ1n) is 12.1. The quantitative estimate of drug-likeness (QED) is 0.384. The van der Waals surface area contributed by atoms with Crippen LogP contribution in [0.1, 0.15) is 86.3 Å². The van der Waals surface area contributed by atoms with Gasteiger partial charge in [-0.25, -0.2) is 4.79 Å². The van der Waals surface area contributed by atoms with Crippen molar-refractivity contribution in [2.24, 2.45) is 0 Å². The maximum Gasteiger partial charge on any atom is 0.408 e. The topological polar surface area (TPSA) is 87.7 Å². The van der Waals surface area contributed by atoms with E-state index in [0.717, 1.165) is 12.8 Å². The minimum atomic E-state index is -0.962. The molecule has 0 bridgehead atoms. The average molecular weight is 494 g/mol. The van der Waals surface area contributed by atoms with Gasteiger partial charge >= 0.3 is 6.09 Å². The van der Waals surface area contributed by atoms with Crippen LogP contribution in [0.25, 0.3) is 0 Å². The zero-order chi connectivity index (χ0) is 26.1. The molecule has 192 valence electrons. The standard InChI is InChI=1S/C26H43N3O4S/c1-9-14-18(3)27-22(30)21(19-15-12-11-13-16-19)29(26(7,8)10-2)23(31)20(17-34)28-24(32)33-25(4,5)6/h11-13,15-16,18,20-21,34H,9-10,14,17H2,1-8H3,(H,27,30)(H,28,32). The zero-order valence-electron chi connectivity index (χ0n) is 22.0. The number of rotatable bonds is 11. The van der Waals surface area contributed by atoms with Crippen molar-refractivity contribution in [1.82, 2.24) is 15.5 Å². The molecule has 0 aromatic heterocycles. The third kappa shape index (κ3) is 8.85. The molecule has 0 spiro atoms. The van der Waals surface area contributed by atoms with Gasteiger partial charge in [0.2, 0.25) is 11.8 Å². The summed E-state index contributed by atoms with van der Waals surface area (Å²) >= 11 is 4.33. The number of alkyl carbamates (subject to hydrolysis) is 1. The molecule has 3 atom stereocenters. The number of ether oxygens (including phenoxy) is 1. The lowest BCUT2D eigenvalue weighted by Crippen LogP contribution is -2.60. The van der Waals surface area contributed by atoms with E-state index in [9.17, 15) is 14.4 Å². The van der Waals surface area contributed by atoms with Gasteiger partial charge in [-0.05, 0) is 59.9 Å². The van der Waals surface area contributed by atoms with Crippen LogP contribution >= 0.6 is 12.6 Å². The van der Waals surface area contributed by atoms with Gasteiger partial charge in [0.05, 0.1) is 0 Å². The third-order valence-electron chi connectivity index (χ3n) is 5.66. The zero-order valence-corrected chi connectivity index (χ0v) is 22.9. The molecule has 0 heterocycles. The number of hydrogen-bond donors (Lipinski definition) is 3. The molecule has 0 fully saturated rings. The number of hydrogen-bond acceptors (Lipinski definition) is 5. The summed E-state index contributed by atoms with van der Waals surface area (Å²) in [5.41, 5.74) is -0.688. The average Bonchev–Trinajstić information content (AvgIpc) is 2.74.